The number of likely N-dealkylation sites (N-methyl/N-ethyl adjacent to an activating group) is 1. The molecule has 3 N–H and O–H groups in total. The van der Waals surface area contributed by atoms with Gasteiger partial charge in [-0.25, -0.2) is 4.79 Å². The van der Waals surface area contributed by atoms with Crippen molar-refractivity contribution >= 4 is 6.03 Å². The maximum Gasteiger partial charge on any atom is 0.317 e. The predicted molar refractivity (Wildman–Crippen MR) is 161 cm³/mol. The van der Waals surface area contributed by atoms with Gasteiger partial charge in [0.1, 0.15) is 5.75 Å². The lowest BCUT2D eigenvalue weighted by atomic mass is 9.73. The largest absolute Gasteiger partial charge is 0.490 e. The third-order valence-corrected chi connectivity index (χ3v) is 9.61. The highest BCUT2D eigenvalue weighted by molar-refractivity contribution is 5.74. The van der Waals surface area contributed by atoms with E-state index in [-0.39, 0.29) is 24.1 Å². The number of benzene rings is 1. The maximum atomic E-state index is 13.6. The van der Waals surface area contributed by atoms with Crippen molar-refractivity contribution in [3.05, 3.63) is 29.8 Å². The lowest BCUT2D eigenvalue weighted by Gasteiger charge is -2.43. The Labute approximate surface area is 242 Å². The Morgan fingerprint density at radius 3 is 2.55 bits per heavy atom. The molecule has 3 atom stereocenters. The van der Waals surface area contributed by atoms with Crippen molar-refractivity contribution in [1.29, 1.82) is 0 Å². The van der Waals surface area contributed by atoms with E-state index in [4.69, 9.17) is 9.47 Å². The van der Waals surface area contributed by atoms with Crippen LogP contribution in [-0.2, 0) is 10.3 Å². The Bertz CT molecular complexity index is 886. The van der Waals surface area contributed by atoms with Crippen LogP contribution in [0.3, 0.4) is 0 Å². The lowest BCUT2D eigenvalue weighted by Crippen LogP contribution is -2.54. The van der Waals surface area contributed by atoms with Gasteiger partial charge in [0.05, 0.1) is 11.7 Å². The molecule has 7 nitrogen and oxygen atoms in total. The molecule has 1 heterocycles. The van der Waals surface area contributed by atoms with Gasteiger partial charge in [0, 0.05) is 50.9 Å². The summed E-state index contributed by atoms with van der Waals surface area (Å²) in [6.45, 7) is 2.76. The van der Waals surface area contributed by atoms with E-state index >= 15 is 0 Å². The Morgan fingerprint density at radius 1 is 1.05 bits per heavy atom. The second kappa shape index (κ2) is 16.0. The minimum atomic E-state index is -1.06. The summed E-state index contributed by atoms with van der Waals surface area (Å²) < 4.78 is 11.8. The minimum Gasteiger partial charge on any atom is -0.490 e. The van der Waals surface area contributed by atoms with Gasteiger partial charge < -0.3 is 30.1 Å². The number of ether oxygens (including phenoxy) is 2. The van der Waals surface area contributed by atoms with E-state index < -0.39 is 5.60 Å². The molecule has 1 aromatic rings. The molecular weight excluding hydrogens is 502 g/mol. The van der Waals surface area contributed by atoms with Gasteiger partial charge in [0.2, 0.25) is 0 Å². The zero-order valence-corrected chi connectivity index (χ0v) is 25.2. The number of piperidine rings is 1. The van der Waals surface area contributed by atoms with Crippen LogP contribution in [0.5, 0.6) is 5.75 Å². The zero-order valence-electron chi connectivity index (χ0n) is 25.2. The van der Waals surface area contributed by atoms with Crippen LogP contribution in [0.4, 0.5) is 4.79 Å². The third kappa shape index (κ3) is 8.59. The maximum absolute atomic E-state index is 13.6. The van der Waals surface area contributed by atoms with Crippen molar-refractivity contribution in [2.24, 2.45) is 11.8 Å². The number of nitrogens with one attached hydrogen (secondary N) is 2. The molecule has 3 aliphatic rings. The van der Waals surface area contributed by atoms with Crippen LogP contribution in [-0.4, -0.2) is 68.6 Å². The molecule has 2 unspecified atom stereocenters. The van der Waals surface area contributed by atoms with Crippen LogP contribution in [0.1, 0.15) is 102 Å². The number of hydrogen-bond acceptors (Lipinski definition) is 5. The van der Waals surface area contributed by atoms with Crippen molar-refractivity contribution < 1.29 is 19.4 Å². The Morgan fingerprint density at radius 2 is 1.80 bits per heavy atom. The second-order valence-corrected chi connectivity index (χ2v) is 12.6. The molecule has 2 saturated carbocycles. The van der Waals surface area contributed by atoms with Crippen molar-refractivity contribution in [2.45, 2.75) is 114 Å². The molecule has 1 saturated heterocycles. The number of methoxy groups -OCH3 is 1. The molecule has 40 heavy (non-hydrogen) atoms. The summed E-state index contributed by atoms with van der Waals surface area (Å²) in [6.07, 6.45) is 16.5. The van der Waals surface area contributed by atoms with Crippen LogP contribution in [0.2, 0.25) is 0 Å². The van der Waals surface area contributed by atoms with Crippen LogP contribution >= 0.6 is 0 Å². The lowest BCUT2D eigenvalue weighted by molar-refractivity contribution is -0.0585. The van der Waals surface area contributed by atoms with E-state index in [9.17, 15) is 9.90 Å². The number of nitrogens with zero attached hydrogens (tertiary/aromatic N) is 1. The molecule has 3 fully saturated rings. The number of para-hydroxylation sites is 1. The number of amides is 2. The highest BCUT2D eigenvalue weighted by atomic mass is 16.5. The fraction of sp³-hybridized carbons (Fsp3) is 0.788. The van der Waals surface area contributed by atoms with E-state index in [2.05, 4.69) is 10.6 Å². The number of carbonyl (C=O) groups excluding carboxylic acids is 1. The summed E-state index contributed by atoms with van der Waals surface area (Å²) >= 11 is 0. The molecule has 7 heteroatoms. The summed E-state index contributed by atoms with van der Waals surface area (Å²) in [5, 5.41) is 19.2. The average Bonchev–Trinajstić information content (AvgIpc) is 3.49. The van der Waals surface area contributed by atoms with Gasteiger partial charge in [-0.2, -0.15) is 0 Å². The van der Waals surface area contributed by atoms with Gasteiger partial charge in [0.15, 0.2) is 0 Å². The van der Waals surface area contributed by atoms with E-state index in [1.165, 1.54) is 44.9 Å². The van der Waals surface area contributed by atoms with Gasteiger partial charge in [-0.05, 0) is 83.2 Å². The number of urea groups is 1. The number of unbranched alkanes of at least 4 members (excludes halogenated alkanes) is 1. The number of carbonyl (C=O) groups is 1. The normalized spacial score (nSPS) is 23.1. The average molecular weight is 558 g/mol. The second-order valence-electron chi connectivity index (χ2n) is 12.6. The van der Waals surface area contributed by atoms with Crippen LogP contribution < -0.4 is 15.4 Å². The first-order chi connectivity index (χ1) is 19.5. The molecule has 0 aromatic heterocycles. The van der Waals surface area contributed by atoms with Crippen molar-refractivity contribution in [3.63, 3.8) is 0 Å². The van der Waals surface area contributed by atoms with Crippen molar-refractivity contribution in [2.75, 3.05) is 40.4 Å². The van der Waals surface area contributed by atoms with E-state index in [0.29, 0.717) is 25.5 Å². The summed E-state index contributed by atoms with van der Waals surface area (Å²) in [4.78, 5) is 15.6. The van der Waals surface area contributed by atoms with E-state index in [0.717, 1.165) is 69.3 Å². The Balaban J connectivity index is 1.48. The van der Waals surface area contributed by atoms with Gasteiger partial charge in [-0.3, -0.25) is 0 Å². The quantitative estimate of drug-likeness (QED) is 0.245. The first-order valence-corrected chi connectivity index (χ1v) is 16.2. The fourth-order valence-electron chi connectivity index (χ4n) is 7.39. The molecule has 0 bridgehead atoms. The summed E-state index contributed by atoms with van der Waals surface area (Å²) in [7, 11) is 3.69. The number of hydrogen-bond donors (Lipinski definition) is 3. The van der Waals surface area contributed by atoms with Gasteiger partial charge in [-0.15, -0.1) is 0 Å². The first kappa shape index (κ1) is 31.1. The van der Waals surface area contributed by atoms with Gasteiger partial charge >= 0.3 is 6.03 Å². The van der Waals surface area contributed by atoms with Crippen LogP contribution in [0.25, 0.3) is 0 Å². The highest BCUT2D eigenvalue weighted by Gasteiger charge is 2.43. The van der Waals surface area contributed by atoms with Gasteiger partial charge in [0.25, 0.3) is 0 Å². The molecule has 0 radical (unpaired) electrons. The molecule has 0 spiro atoms. The highest BCUT2D eigenvalue weighted by Crippen LogP contribution is 2.44. The van der Waals surface area contributed by atoms with Crippen molar-refractivity contribution in [3.8, 4) is 5.75 Å². The number of aliphatic hydroxyl groups is 1. The molecule has 226 valence electrons. The van der Waals surface area contributed by atoms with Crippen LogP contribution in [0, 0.1) is 11.8 Å². The van der Waals surface area contributed by atoms with E-state index in [1.807, 2.05) is 36.2 Å². The molecular formula is C33H55N3O4. The fourth-order valence-corrected chi connectivity index (χ4v) is 7.39. The summed E-state index contributed by atoms with van der Waals surface area (Å²) in [5.74, 6) is 1.46. The minimum absolute atomic E-state index is 0.0120. The standard InChI is InChI=1S/C33H55N3O4/c1-34-24-28(23-26-13-4-3-5-14-26)35-32(37)36-21-12-15-27(25-36)33(38,20-10-11-22-39-2)30-18-8-9-19-31(30)40-29-16-6-7-17-29/h8-9,18-19,26-29,34,38H,3-7,10-17,20-25H2,1-2H3,(H,35,37)/t27-,28?,33?/m1/s1. The topological polar surface area (TPSA) is 83.1 Å². The third-order valence-electron chi connectivity index (χ3n) is 9.61. The SMILES string of the molecule is CNCC(CC1CCCCC1)NC(=O)N1CCC[C@@H](C(O)(CCCCOC)c2ccccc2OC2CCCC2)C1. The van der Waals surface area contributed by atoms with Gasteiger partial charge in [-0.1, -0.05) is 50.3 Å². The summed E-state index contributed by atoms with van der Waals surface area (Å²) in [5.41, 5.74) is -0.175. The van der Waals surface area contributed by atoms with E-state index in [1.54, 1.807) is 7.11 Å². The molecule has 1 aromatic carbocycles. The monoisotopic (exact) mass is 557 g/mol. The Hall–Kier alpha value is -1.83. The molecule has 2 amide bonds. The predicted octanol–water partition coefficient (Wildman–Crippen LogP) is 5.99. The first-order valence-electron chi connectivity index (χ1n) is 16.2. The number of likely N-dealkylation sites (tertiary alicyclic amines) is 1. The molecule has 1 aliphatic heterocycles. The Kier molecular flexibility index (Phi) is 12.4. The zero-order chi connectivity index (χ0) is 28.2. The van der Waals surface area contributed by atoms with Crippen molar-refractivity contribution in [1.82, 2.24) is 15.5 Å². The molecule has 2 aliphatic carbocycles. The number of rotatable bonds is 14. The summed E-state index contributed by atoms with van der Waals surface area (Å²) in [6, 6.07) is 8.24. The van der Waals surface area contributed by atoms with Crippen LogP contribution in [0.15, 0.2) is 24.3 Å². The molecule has 4 rings (SSSR count). The smallest absolute Gasteiger partial charge is 0.317 e.